The van der Waals surface area contributed by atoms with Crippen LogP contribution >= 0.6 is 11.6 Å². The van der Waals surface area contributed by atoms with Crippen LogP contribution in [0.25, 0.3) is 0 Å². The fraction of sp³-hybridized carbons (Fsp3) is 0.350. The monoisotopic (exact) mass is 492 g/mol. The highest BCUT2D eigenvalue weighted by Gasteiger charge is 2.31. The predicted octanol–water partition coefficient (Wildman–Crippen LogP) is 4.08. The minimum atomic E-state index is -4.61. The van der Waals surface area contributed by atoms with Gasteiger partial charge in [0.1, 0.15) is 11.5 Å². The summed E-state index contributed by atoms with van der Waals surface area (Å²) in [5.41, 5.74) is -0.209. The number of anilines is 1. The van der Waals surface area contributed by atoms with E-state index >= 15 is 0 Å². The Morgan fingerprint density at radius 3 is 2.34 bits per heavy atom. The molecule has 1 amide bonds. The van der Waals surface area contributed by atoms with Crippen LogP contribution in [0.2, 0.25) is 5.02 Å². The minimum absolute atomic E-state index is 0.160. The van der Waals surface area contributed by atoms with E-state index in [9.17, 15) is 26.4 Å². The number of rotatable bonds is 8. The number of sulfonamides is 1. The largest absolute Gasteiger partial charge is 0.484 e. The van der Waals surface area contributed by atoms with Crippen molar-refractivity contribution in [2.24, 2.45) is 0 Å². The van der Waals surface area contributed by atoms with Crippen LogP contribution in [-0.2, 0) is 14.8 Å². The van der Waals surface area contributed by atoms with Crippen molar-refractivity contribution in [1.29, 1.82) is 0 Å². The van der Waals surface area contributed by atoms with Crippen LogP contribution in [0, 0.1) is 0 Å². The Labute approximate surface area is 188 Å². The molecule has 0 aromatic heterocycles. The molecule has 1 N–H and O–H groups in total. The Hall–Kier alpha value is -2.50. The van der Waals surface area contributed by atoms with Crippen molar-refractivity contribution < 1.29 is 35.9 Å². The van der Waals surface area contributed by atoms with Crippen LogP contribution in [0.4, 0.5) is 18.9 Å². The van der Waals surface area contributed by atoms with Crippen LogP contribution in [0.15, 0.2) is 47.4 Å². The lowest BCUT2D eigenvalue weighted by atomic mass is 10.3. The number of halogens is 4. The number of nitrogens with one attached hydrogen (secondary N) is 1. The van der Waals surface area contributed by atoms with Crippen LogP contribution in [-0.4, -0.2) is 51.1 Å². The van der Waals surface area contributed by atoms with Crippen LogP contribution in [0.3, 0.4) is 0 Å². The molecule has 32 heavy (non-hydrogen) atoms. The van der Waals surface area contributed by atoms with Gasteiger partial charge in [-0.3, -0.25) is 4.79 Å². The summed E-state index contributed by atoms with van der Waals surface area (Å²) in [4.78, 5) is 12.2. The Kier molecular flexibility index (Phi) is 7.52. The quantitative estimate of drug-likeness (QED) is 0.600. The number of carbonyl (C=O) groups excluding carboxylic acids is 1. The summed E-state index contributed by atoms with van der Waals surface area (Å²) in [7, 11) is -3.86. The van der Waals surface area contributed by atoms with E-state index in [1.54, 1.807) is 12.1 Å². The second kappa shape index (κ2) is 9.97. The number of hydrogen-bond donors (Lipinski definition) is 1. The minimum Gasteiger partial charge on any atom is -0.484 e. The van der Waals surface area contributed by atoms with Gasteiger partial charge in [-0.15, -0.1) is 0 Å². The lowest BCUT2D eigenvalue weighted by Gasteiger charge is -2.18. The van der Waals surface area contributed by atoms with Gasteiger partial charge in [0, 0.05) is 18.1 Å². The smallest absolute Gasteiger partial charge is 0.422 e. The maximum atomic E-state index is 12.8. The fourth-order valence-electron chi connectivity index (χ4n) is 3.00. The van der Waals surface area contributed by atoms with E-state index in [1.165, 1.54) is 16.4 Å². The van der Waals surface area contributed by atoms with Gasteiger partial charge < -0.3 is 14.8 Å². The zero-order valence-electron chi connectivity index (χ0n) is 16.7. The van der Waals surface area contributed by atoms with Crippen molar-refractivity contribution in [2.45, 2.75) is 23.9 Å². The van der Waals surface area contributed by atoms with Crippen LogP contribution < -0.4 is 14.8 Å². The molecule has 12 heteroatoms. The molecule has 1 aliphatic heterocycles. The van der Waals surface area contributed by atoms with Crippen molar-refractivity contribution in [3.63, 3.8) is 0 Å². The molecule has 7 nitrogen and oxygen atoms in total. The molecule has 2 aromatic carbocycles. The van der Waals surface area contributed by atoms with Crippen molar-refractivity contribution in [3.05, 3.63) is 47.5 Å². The molecule has 0 radical (unpaired) electrons. The van der Waals surface area contributed by atoms with Crippen molar-refractivity contribution in [3.8, 4) is 11.5 Å². The zero-order valence-corrected chi connectivity index (χ0v) is 18.3. The highest BCUT2D eigenvalue weighted by Crippen LogP contribution is 2.31. The summed E-state index contributed by atoms with van der Waals surface area (Å²) < 4.78 is 74.8. The summed E-state index contributed by atoms with van der Waals surface area (Å²) in [6, 6.07) is 9.52. The van der Waals surface area contributed by atoms with Crippen molar-refractivity contribution in [2.75, 3.05) is 31.6 Å². The number of nitrogens with zero attached hydrogens (tertiary/aromatic N) is 1. The maximum absolute atomic E-state index is 12.8. The topological polar surface area (TPSA) is 84.9 Å². The molecule has 0 spiro atoms. The predicted molar refractivity (Wildman–Crippen MR) is 112 cm³/mol. The van der Waals surface area contributed by atoms with Gasteiger partial charge in [0.15, 0.2) is 13.2 Å². The number of ether oxygens (including phenoxy) is 2. The molecule has 0 aliphatic carbocycles. The van der Waals surface area contributed by atoms with Crippen molar-refractivity contribution in [1.82, 2.24) is 4.31 Å². The highest BCUT2D eigenvalue weighted by atomic mass is 35.5. The molecule has 1 heterocycles. The summed E-state index contributed by atoms with van der Waals surface area (Å²) in [6.45, 7) is -1.37. The zero-order chi connectivity index (χ0) is 23.4. The first kappa shape index (κ1) is 24.1. The number of carbonyl (C=O) groups is 1. The molecule has 0 atom stereocenters. The van der Waals surface area contributed by atoms with E-state index in [-0.39, 0.29) is 16.3 Å². The summed E-state index contributed by atoms with van der Waals surface area (Å²) >= 11 is 5.78. The van der Waals surface area contributed by atoms with Gasteiger partial charge in [0.25, 0.3) is 5.91 Å². The highest BCUT2D eigenvalue weighted by molar-refractivity contribution is 7.89. The molecule has 0 bridgehead atoms. The van der Waals surface area contributed by atoms with Gasteiger partial charge in [-0.05, 0) is 55.3 Å². The van der Waals surface area contributed by atoms with E-state index in [2.05, 4.69) is 5.32 Å². The fourth-order valence-corrected chi connectivity index (χ4v) is 4.67. The summed E-state index contributed by atoms with van der Waals surface area (Å²) in [6.07, 6.45) is -3.17. The number of benzene rings is 2. The maximum Gasteiger partial charge on any atom is 0.422 e. The van der Waals surface area contributed by atoms with Gasteiger partial charge >= 0.3 is 6.18 Å². The molecular formula is C20H20ClF3N2O5S. The number of amides is 1. The van der Waals surface area contributed by atoms with Gasteiger partial charge in [-0.2, -0.15) is 17.5 Å². The van der Waals surface area contributed by atoms with E-state index in [0.717, 1.165) is 31.0 Å². The van der Waals surface area contributed by atoms with E-state index in [4.69, 9.17) is 21.1 Å². The van der Waals surface area contributed by atoms with E-state index < -0.39 is 35.3 Å². The van der Waals surface area contributed by atoms with Crippen LogP contribution in [0.5, 0.6) is 11.5 Å². The Morgan fingerprint density at radius 1 is 1.06 bits per heavy atom. The average Bonchev–Trinajstić information content (AvgIpc) is 3.27. The number of alkyl halides is 3. The average molecular weight is 493 g/mol. The third kappa shape index (κ3) is 6.50. The Balaban J connectivity index is 1.79. The molecule has 1 saturated heterocycles. The number of hydrogen-bond acceptors (Lipinski definition) is 5. The second-order valence-corrected chi connectivity index (χ2v) is 9.34. The normalized spacial score (nSPS) is 14.9. The Morgan fingerprint density at radius 2 is 1.72 bits per heavy atom. The van der Waals surface area contributed by atoms with Gasteiger partial charge in [-0.25, -0.2) is 8.42 Å². The van der Waals surface area contributed by atoms with E-state index in [1.807, 2.05) is 0 Å². The van der Waals surface area contributed by atoms with Gasteiger partial charge in [-0.1, -0.05) is 11.6 Å². The third-order valence-corrected chi connectivity index (χ3v) is 6.65. The first-order valence-corrected chi connectivity index (χ1v) is 11.4. The van der Waals surface area contributed by atoms with Gasteiger partial charge in [0.05, 0.1) is 10.6 Å². The first-order valence-electron chi connectivity index (χ1n) is 9.56. The summed E-state index contributed by atoms with van der Waals surface area (Å²) in [5, 5.41) is 2.84. The SMILES string of the molecule is O=C(COc1ccc(Cl)cc1)Nc1cc(S(=O)(=O)N2CCCC2)ccc1OCC(F)(F)F. The molecular weight excluding hydrogens is 473 g/mol. The molecule has 0 saturated carbocycles. The molecule has 0 unspecified atom stereocenters. The Bertz CT molecular complexity index is 1060. The van der Waals surface area contributed by atoms with Gasteiger partial charge in [0.2, 0.25) is 10.0 Å². The first-order chi connectivity index (χ1) is 15.0. The molecule has 2 aromatic rings. The standard InChI is InChI=1S/C20H20ClF3N2O5S/c21-14-3-5-15(6-4-14)30-12-19(27)25-17-11-16(32(28,29)26-9-1-2-10-26)7-8-18(17)31-13-20(22,23)24/h3-8,11H,1-2,9-10,12-13H2,(H,25,27). The summed E-state index contributed by atoms with van der Waals surface area (Å²) in [5.74, 6) is -0.682. The molecule has 174 valence electrons. The molecule has 3 rings (SSSR count). The van der Waals surface area contributed by atoms with Crippen molar-refractivity contribution >= 4 is 33.2 Å². The molecule has 1 fully saturated rings. The van der Waals surface area contributed by atoms with Crippen LogP contribution in [0.1, 0.15) is 12.8 Å². The third-order valence-electron chi connectivity index (χ3n) is 4.50. The second-order valence-electron chi connectivity index (χ2n) is 6.96. The lowest BCUT2D eigenvalue weighted by molar-refractivity contribution is -0.153. The van der Waals surface area contributed by atoms with E-state index in [0.29, 0.717) is 23.9 Å². The molecule has 1 aliphatic rings. The lowest BCUT2D eigenvalue weighted by Crippen LogP contribution is -2.28.